The van der Waals surface area contributed by atoms with Crippen LogP contribution in [-0.2, 0) is 0 Å². The van der Waals surface area contributed by atoms with Gasteiger partial charge in [-0.1, -0.05) is 67.1 Å². The Hall–Kier alpha value is -1.39. The Bertz CT molecular complexity index is 827. The van der Waals surface area contributed by atoms with Crippen molar-refractivity contribution in [1.82, 2.24) is 9.22 Å². The van der Waals surface area contributed by atoms with Crippen LogP contribution in [0.1, 0.15) is 47.1 Å². The molecule has 0 radical (unpaired) electrons. The van der Waals surface area contributed by atoms with Gasteiger partial charge in [0.05, 0.1) is 11.8 Å². The molecule has 0 atom stereocenters. The number of halogens is 1. The van der Waals surface area contributed by atoms with Crippen molar-refractivity contribution >= 4 is 27.3 Å². The number of rotatable bonds is 4. The molecule has 0 aromatic carbocycles. The largest absolute Gasteiger partial charge is 0.359 e. The van der Waals surface area contributed by atoms with Crippen LogP contribution in [0.2, 0.25) is 36.3 Å². The predicted molar refractivity (Wildman–Crippen MR) is 116 cm³/mol. The van der Waals surface area contributed by atoms with Crippen molar-refractivity contribution in [3.8, 4) is 11.5 Å². The summed E-state index contributed by atoms with van der Waals surface area (Å²) < 4.78 is 16.9. The second kappa shape index (κ2) is 7.32. The number of pyridine rings is 1. The first kappa shape index (κ1) is 20.9. The summed E-state index contributed by atoms with van der Waals surface area (Å²) in [6, 6.07) is 2.02. The van der Waals surface area contributed by atoms with Crippen molar-refractivity contribution in [2.45, 2.75) is 77.8 Å². The third-order valence-corrected chi connectivity index (χ3v) is 13.0. The quantitative estimate of drug-likeness (QED) is 0.436. The van der Waals surface area contributed by atoms with E-state index in [2.05, 4.69) is 88.1 Å². The van der Waals surface area contributed by atoms with E-state index in [-0.39, 0.29) is 5.82 Å². The summed E-state index contributed by atoms with van der Waals surface area (Å²) in [6.07, 6.45) is 3.50. The van der Waals surface area contributed by atoms with Crippen LogP contribution in [0.5, 0.6) is 0 Å². The molecule has 0 aliphatic rings. The molecule has 2 heterocycles. The molecule has 0 unspecified atom stereocenters. The Kier molecular flexibility index (Phi) is 5.89. The molecule has 2 rings (SSSR count). The standard InChI is InChI=1S/C21H33FN2Si2/c1-15(2)26(16(3)4,17(5)6)24-12-10-19-18(11-13-25(7,8)9)20(22)14-23-21(19)24/h10,12,14-17H,1-9H3. The van der Waals surface area contributed by atoms with Gasteiger partial charge in [0.15, 0.2) is 14.1 Å². The monoisotopic (exact) mass is 388 g/mol. The van der Waals surface area contributed by atoms with E-state index in [0.29, 0.717) is 22.2 Å². The Labute approximate surface area is 160 Å². The second-order valence-corrected chi connectivity index (χ2v) is 19.7. The fourth-order valence-corrected chi connectivity index (χ4v) is 11.6. The highest BCUT2D eigenvalue weighted by Crippen LogP contribution is 2.44. The fraction of sp³-hybridized carbons (Fsp3) is 0.571. The van der Waals surface area contributed by atoms with Crippen LogP contribution in [0.3, 0.4) is 0 Å². The molecule has 0 aliphatic carbocycles. The molecule has 26 heavy (non-hydrogen) atoms. The Morgan fingerprint density at radius 3 is 2.00 bits per heavy atom. The first-order valence-electron chi connectivity index (χ1n) is 9.62. The number of fused-ring (bicyclic) bond motifs is 1. The van der Waals surface area contributed by atoms with Crippen LogP contribution in [0, 0.1) is 17.3 Å². The average Bonchev–Trinajstić information content (AvgIpc) is 2.89. The number of aromatic nitrogens is 2. The van der Waals surface area contributed by atoms with Crippen LogP contribution in [0.25, 0.3) is 11.0 Å². The summed E-state index contributed by atoms with van der Waals surface area (Å²) >= 11 is 0. The minimum atomic E-state index is -1.92. The van der Waals surface area contributed by atoms with Crippen molar-refractivity contribution in [3.63, 3.8) is 0 Å². The van der Waals surface area contributed by atoms with Gasteiger partial charge < -0.3 is 4.23 Å². The van der Waals surface area contributed by atoms with E-state index in [1.165, 1.54) is 6.20 Å². The molecular weight excluding hydrogens is 355 g/mol. The molecule has 0 fully saturated rings. The molecule has 0 aliphatic heterocycles. The van der Waals surface area contributed by atoms with Crippen molar-refractivity contribution in [3.05, 3.63) is 29.8 Å². The highest BCUT2D eigenvalue weighted by Gasteiger charge is 2.46. The van der Waals surface area contributed by atoms with E-state index in [1.807, 2.05) is 6.07 Å². The minimum Gasteiger partial charge on any atom is -0.359 e. The van der Waals surface area contributed by atoms with Gasteiger partial charge in [0, 0.05) is 5.39 Å². The summed E-state index contributed by atoms with van der Waals surface area (Å²) in [7, 11) is -3.50. The lowest BCUT2D eigenvalue weighted by Crippen LogP contribution is -2.51. The highest BCUT2D eigenvalue weighted by atomic mass is 28.3. The van der Waals surface area contributed by atoms with Crippen LogP contribution < -0.4 is 0 Å². The lowest BCUT2D eigenvalue weighted by molar-refractivity contribution is 0.620. The van der Waals surface area contributed by atoms with E-state index in [0.717, 1.165) is 11.0 Å². The van der Waals surface area contributed by atoms with E-state index in [9.17, 15) is 4.39 Å². The highest BCUT2D eigenvalue weighted by molar-refractivity contribution is 6.84. The lowest BCUT2D eigenvalue weighted by atomic mass is 10.2. The minimum absolute atomic E-state index is 0.313. The third-order valence-electron chi connectivity index (χ3n) is 5.42. The van der Waals surface area contributed by atoms with Crippen molar-refractivity contribution in [2.75, 3.05) is 0 Å². The number of hydrogen-bond donors (Lipinski definition) is 0. The second-order valence-electron chi connectivity index (χ2n) is 9.26. The van der Waals surface area contributed by atoms with E-state index in [1.54, 1.807) is 0 Å². The van der Waals surface area contributed by atoms with Crippen molar-refractivity contribution < 1.29 is 4.39 Å². The van der Waals surface area contributed by atoms with Gasteiger partial charge in [-0.05, 0) is 28.9 Å². The molecule has 0 bridgehead atoms. The molecule has 0 saturated heterocycles. The molecule has 0 amide bonds. The summed E-state index contributed by atoms with van der Waals surface area (Å²) in [6.45, 7) is 20.5. The summed E-state index contributed by atoms with van der Waals surface area (Å²) in [5.41, 5.74) is 6.39. The van der Waals surface area contributed by atoms with E-state index >= 15 is 0 Å². The van der Waals surface area contributed by atoms with Crippen molar-refractivity contribution in [1.29, 1.82) is 0 Å². The molecule has 142 valence electrons. The maximum absolute atomic E-state index is 14.5. The molecule has 0 spiro atoms. The normalized spacial score (nSPS) is 13.0. The van der Waals surface area contributed by atoms with E-state index < -0.39 is 16.3 Å². The summed E-state index contributed by atoms with van der Waals surface area (Å²) in [5, 5.41) is 0.856. The molecule has 2 aromatic rings. The predicted octanol–water partition coefficient (Wildman–Crippen LogP) is 6.43. The van der Waals surface area contributed by atoms with E-state index in [4.69, 9.17) is 0 Å². The molecule has 5 heteroatoms. The first-order valence-corrected chi connectivity index (χ1v) is 15.3. The maximum atomic E-state index is 14.5. The van der Waals surface area contributed by atoms with Gasteiger partial charge in [0.2, 0.25) is 0 Å². The van der Waals surface area contributed by atoms with Crippen molar-refractivity contribution in [2.24, 2.45) is 0 Å². The van der Waals surface area contributed by atoms with Gasteiger partial charge >= 0.3 is 0 Å². The molecule has 0 saturated carbocycles. The van der Waals surface area contributed by atoms with Gasteiger partial charge in [0.1, 0.15) is 13.7 Å². The molecule has 2 nitrogen and oxygen atoms in total. The molecule has 0 N–H and O–H groups in total. The Morgan fingerprint density at radius 1 is 1.00 bits per heavy atom. The first-order chi connectivity index (χ1) is 11.9. The molecular formula is C21H33FN2Si2. The van der Waals surface area contributed by atoms with Gasteiger partial charge in [-0.2, -0.15) is 0 Å². The summed E-state index contributed by atoms with van der Waals surface area (Å²) in [5.74, 6) is 2.83. The topological polar surface area (TPSA) is 17.8 Å². The fourth-order valence-electron chi connectivity index (χ4n) is 4.59. The van der Waals surface area contributed by atoms with Gasteiger partial charge in [-0.3, -0.25) is 0 Å². The Balaban J connectivity index is 2.81. The zero-order valence-electron chi connectivity index (χ0n) is 17.7. The van der Waals surface area contributed by atoms with Crippen LogP contribution in [0.15, 0.2) is 18.5 Å². The van der Waals surface area contributed by atoms with Gasteiger partial charge in [-0.25, -0.2) is 9.37 Å². The average molecular weight is 389 g/mol. The van der Waals surface area contributed by atoms with Crippen LogP contribution >= 0.6 is 0 Å². The van der Waals surface area contributed by atoms with Crippen LogP contribution in [-0.4, -0.2) is 25.5 Å². The smallest absolute Gasteiger partial charge is 0.171 e. The van der Waals surface area contributed by atoms with Gasteiger partial charge in [-0.15, -0.1) is 5.54 Å². The van der Waals surface area contributed by atoms with Crippen LogP contribution in [0.4, 0.5) is 4.39 Å². The SMILES string of the molecule is CC(C)[Si](C(C)C)(C(C)C)n1ccc2c(C#C[Si](C)(C)C)c(F)cnc21. The molecule has 2 aromatic heterocycles. The summed E-state index contributed by atoms with van der Waals surface area (Å²) in [4.78, 5) is 4.53. The third kappa shape index (κ3) is 3.54. The number of hydrogen-bond acceptors (Lipinski definition) is 1. The maximum Gasteiger partial charge on any atom is 0.171 e. The lowest BCUT2D eigenvalue weighted by Gasteiger charge is -2.44. The zero-order chi connectivity index (χ0) is 19.9. The number of nitrogens with zero attached hydrogens (tertiary/aromatic N) is 2. The Morgan fingerprint density at radius 2 is 1.54 bits per heavy atom. The zero-order valence-corrected chi connectivity index (χ0v) is 19.7. The van der Waals surface area contributed by atoms with Gasteiger partial charge in [0.25, 0.3) is 0 Å².